The van der Waals surface area contributed by atoms with Crippen LogP contribution >= 0.6 is 0 Å². The van der Waals surface area contributed by atoms with Crippen molar-refractivity contribution in [1.29, 1.82) is 0 Å². The van der Waals surface area contributed by atoms with Crippen molar-refractivity contribution in [3.8, 4) is 0 Å². The Kier molecular flexibility index (Phi) is 4.20. The van der Waals surface area contributed by atoms with Gasteiger partial charge in [-0.15, -0.1) is 10.2 Å². The fraction of sp³-hybridized carbons (Fsp3) is 0.385. The lowest BCUT2D eigenvalue weighted by Crippen LogP contribution is -2.26. The third kappa shape index (κ3) is 3.43. The summed E-state index contributed by atoms with van der Waals surface area (Å²) in [5.41, 5.74) is 1.63. The number of nitrogens with one attached hydrogen (secondary N) is 1. The Balaban J connectivity index is 2.06. The molecule has 20 heavy (non-hydrogen) atoms. The molecule has 0 saturated heterocycles. The van der Waals surface area contributed by atoms with Crippen LogP contribution in [0.1, 0.15) is 22.9 Å². The van der Waals surface area contributed by atoms with Gasteiger partial charge < -0.3 is 4.42 Å². The van der Waals surface area contributed by atoms with E-state index in [9.17, 15) is 8.42 Å². The smallest absolute Gasteiger partial charge is 0.240 e. The van der Waals surface area contributed by atoms with E-state index in [4.69, 9.17) is 4.42 Å². The highest BCUT2D eigenvalue weighted by molar-refractivity contribution is 7.89. The first kappa shape index (κ1) is 14.7. The highest BCUT2D eigenvalue weighted by atomic mass is 32.2. The summed E-state index contributed by atoms with van der Waals surface area (Å²) in [5.74, 6) is 0.892. The molecule has 2 aromatic rings. The van der Waals surface area contributed by atoms with Gasteiger partial charge in [0.15, 0.2) is 0 Å². The second kappa shape index (κ2) is 5.72. The first-order valence-corrected chi connectivity index (χ1v) is 7.73. The summed E-state index contributed by atoms with van der Waals surface area (Å²) in [6.45, 7) is 5.54. The van der Waals surface area contributed by atoms with Gasteiger partial charge in [0.05, 0.1) is 4.90 Å². The summed E-state index contributed by atoms with van der Waals surface area (Å²) < 4.78 is 32.2. The van der Waals surface area contributed by atoms with E-state index in [2.05, 4.69) is 14.9 Å². The van der Waals surface area contributed by atoms with Crippen molar-refractivity contribution in [3.05, 3.63) is 41.1 Å². The van der Waals surface area contributed by atoms with E-state index in [1.165, 1.54) is 0 Å². The van der Waals surface area contributed by atoms with Crippen LogP contribution in [0, 0.1) is 20.8 Å². The second-order valence-electron chi connectivity index (χ2n) is 4.63. The molecule has 0 aliphatic carbocycles. The van der Waals surface area contributed by atoms with Crippen molar-refractivity contribution >= 4 is 10.0 Å². The van der Waals surface area contributed by atoms with E-state index in [0.717, 1.165) is 11.1 Å². The summed E-state index contributed by atoms with van der Waals surface area (Å²) in [6, 6.07) is 5.34. The molecule has 6 nitrogen and oxygen atoms in total. The molecule has 0 spiro atoms. The van der Waals surface area contributed by atoms with Crippen LogP contribution in [-0.2, 0) is 16.4 Å². The minimum atomic E-state index is -3.52. The largest absolute Gasteiger partial charge is 0.426 e. The monoisotopic (exact) mass is 295 g/mol. The van der Waals surface area contributed by atoms with Crippen LogP contribution in [0.2, 0.25) is 0 Å². The number of nitrogens with zero attached hydrogens (tertiary/aromatic N) is 2. The second-order valence-corrected chi connectivity index (χ2v) is 6.37. The molecule has 1 aromatic carbocycles. The van der Waals surface area contributed by atoms with Crippen molar-refractivity contribution in [2.45, 2.75) is 32.1 Å². The van der Waals surface area contributed by atoms with Gasteiger partial charge in [0, 0.05) is 19.9 Å². The van der Waals surface area contributed by atoms with E-state index < -0.39 is 10.0 Å². The minimum Gasteiger partial charge on any atom is -0.426 e. The van der Waals surface area contributed by atoms with Gasteiger partial charge in [0.1, 0.15) is 0 Å². The van der Waals surface area contributed by atoms with Gasteiger partial charge in [-0.3, -0.25) is 0 Å². The van der Waals surface area contributed by atoms with Crippen LogP contribution in [0.3, 0.4) is 0 Å². The lowest BCUT2D eigenvalue weighted by molar-refractivity contribution is 0.466. The Hall–Kier alpha value is -1.73. The average molecular weight is 295 g/mol. The third-order valence-corrected chi connectivity index (χ3v) is 4.44. The summed E-state index contributed by atoms with van der Waals surface area (Å²) in [6.07, 6.45) is 0.366. The molecule has 0 unspecified atom stereocenters. The van der Waals surface area contributed by atoms with E-state index in [1.807, 2.05) is 13.0 Å². The zero-order valence-electron chi connectivity index (χ0n) is 11.7. The molecule has 7 heteroatoms. The van der Waals surface area contributed by atoms with Crippen LogP contribution in [0.25, 0.3) is 0 Å². The molecule has 0 radical (unpaired) electrons. The van der Waals surface area contributed by atoms with Gasteiger partial charge >= 0.3 is 0 Å². The molecule has 0 atom stereocenters. The third-order valence-electron chi connectivity index (χ3n) is 2.83. The van der Waals surface area contributed by atoms with Crippen molar-refractivity contribution in [2.75, 3.05) is 6.54 Å². The highest BCUT2D eigenvalue weighted by Crippen LogP contribution is 2.16. The maximum absolute atomic E-state index is 12.2. The van der Waals surface area contributed by atoms with Crippen molar-refractivity contribution in [3.63, 3.8) is 0 Å². The van der Waals surface area contributed by atoms with E-state index >= 15 is 0 Å². The number of aryl methyl sites for hydroxylation is 3. The maximum atomic E-state index is 12.2. The molecule has 1 heterocycles. The van der Waals surface area contributed by atoms with Crippen LogP contribution in [-0.4, -0.2) is 25.2 Å². The molecule has 0 amide bonds. The van der Waals surface area contributed by atoms with Crippen LogP contribution in [0.4, 0.5) is 0 Å². The molecular weight excluding hydrogens is 278 g/mol. The van der Waals surface area contributed by atoms with Crippen molar-refractivity contribution in [2.24, 2.45) is 0 Å². The number of benzene rings is 1. The van der Waals surface area contributed by atoms with E-state index in [0.29, 0.717) is 23.1 Å². The Labute approximate surface area is 118 Å². The van der Waals surface area contributed by atoms with Gasteiger partial charge in [-0.2, -0.15) is 0 Å². The Morgan fingerprint density at radius 3 is 2.60 bits per heavy atom. The van der Waals surface area contributed by atoms with E-state index in [1.54, 1.807) is 26.0 Å². The standard InChI is InChI=1S/C13H17N3O3S/c1-9-4-5-10(2)12(8-9)20(17,18)14-7-6-13-16-15-11(3)19-13/h4-5,8,14H,6-7H2,1-3H3. The van der Waals surface area contributed by atoms with Gasteiger partial charge in [0.2, 0.25) is 21.8 Å². The Bertz CT molecular complexity index is 707. The molecule has 108 valence electrons. The zero-order chi connectivity index (χ0) is 14.8. The van der Waals surface area contributed by atoms with Crippen LogP contribution in [0.15, 0.2) is 27.5 Å². The molecule has 0 aliphatic heterocycles. The minimum absolute atomic E-state index is 0.220. The summed E-state index contributed by atoms with van der Waals surface area (Å²) in [4.78, 5) is 0.305. The predicted octanol–water partition coefficient (Wildman–Crippen LogP) is 1.52. The predicted molar refractivity (Wildman–Crippen MR) is 73.8 cm³/mol. The van der Waals surface area contributed by atoms with Crippen molar-refractivity contribution < 1.29 is 12.8 Å². The first-order chi connectivity index (χ1) is 9.38. The van der Waals surface area contributed by atoms with Gasteiger partial charge in [-0.05, 0) is 31.0 Å². The summed E-state index contributed by atoms with van der Waals surface area (Å²) in [7, 11) is -3.52. The molecule has 2 rings (SSSR count). The zero-order valence-corrected chi connectivity index (χ0v) is 12.5. The fourth-order valence-electron chi connectivity index (χ4n) is 1.81. The number of sulfonamides is 1. The highest BCUT2D eigenvalue weighted by Gasteiger charge is 2.16. The molecule has 1 aromatic heterocycles. The SMILES string of the molecule is Cc1ccc(C)c(S(=O)(=O)NCCc2nnc(C)o2)c1. The molecule has 0 fully saturated rings. The van der Waals surface area contributed by atoms with Crippen LogP contribution < -0.4 is 4.72 Å². The summed E-state index contributed by atoms with van der Waals surface area (Å²) in [5, 5.41) is 7.51. The quantitative estimate of drug-likeness (QED) is 0.904. The van der Waals surface area contributed by atoms with Crippen LogP contribution in [0.5, 0.6) is 0 Å². The first-order valence-electron chi connectivity index (χ1n) is 6.24. The molecular formula is C13H17N3O3S. The Morgan fingerprint density at radius 2 is 1.95 bits per heavy atom. The molecule has 0 aliphatic rings. The average Bonchev–Trinajstić information content (AvgIpc) is 2.78. The van der Waals surface area contributed by atoms with Gasteiger partial charge in [-0.1, -0.05) is 12.1 Å². The number of hydrogen-bond donors (Lipinski definition) is 1. The van der Waals surface area contributed by atoms with Gasteiger partial charge in [0.25, 0.3) is 0 Å². The van der Waals surface area contributed by atoms with Crippen molar-refractivity contribution in [1.82, 2.24) is 14.9 Å². The molecule has 0 bridgehead atoms. The lowest BCUT2D eigenvalue weighted by atomic mass is 10.2. The normalized spacial score (nSPS) is 11.8. The number of aromatic nitrogens is 2. The lowest BCUT2D eigenvalue weighted by Gasteiger charge is -2.09. The number of rotatable bonds is 5. The van der Waals surface area contributed by atoms with Gasteiger partial charge in [-0.25, -0.2) is 13.1 Å². The topological polar surface area (TPSA) is 85.1 Å². The fourth-order valence-corrected chi connectivity index (χ4v) is 3.16. The summed E-state index contributed by atoms with van der Waals surface area (Å²) >= 11 is 0. The van der Waals surface area contributed by atoms with E-state index in [-0.39, 0.29) is 6.54 Å². The maximum Gasteiger partial charge on any atom is 0.240 e. The number of hydrogen-bond acceptors (Lipinski definition) is 5. The Morgan fingerprint density at radius 1 is 1.20 bits per heavy atom. The molecule has 0 saturated carbocycles. The molecule has 1 N–H and O–H groups in total.